The smallest absolute Gasteiger partial charge is 0.119 e. The number of hydrogen-bond donors (Lipinski definition) is 2. The molecule has 0 aliphatic rings. The molecule has 0 spiro atoms. The highest BCUT2D eigenvalue weighted by Crippen LogP contribution is 2.28. The van der Waals surface area contributed by atoms with Crippen LogP contribution in [0.1, 0.15) is 16.7 Å². The van der Waals surface area contributed by atoms with Gasteiger partial charge in [-0.05, 0) is 60.4 Å². The van der Waals surface area contributed by atoms with Crippen molar-refractivity contribution >= 4 is 0 Å². The van der Waals surface area contributed by atoms with Crippen LogP contribution < -0.4 is 9.47 Å². The zero-order valence-electron chi connectivity index (χ0n) is 16.3. The Balaban J connectivity index is 1.64. The SMILES string of the molecule is Cc1cccc(COc2ccc(-c3ccc(OCC(O)CO)cc3C)cc2)c1. The van der Waals surface area contributed by atoms with Crippen molar-refractivity contribution in [2.75, 3.05) is 13.2 Å². The van der Waals surface area contributed by atoms with Crippen LogP contribution in [0.25, 0.3) is 11.1 Å². The molecule has 4 heteroatoms. The zero-order valence-corrected chi connectivity index (χ0v) is 16.3. The topological polar surface area (TPSA) is 58.9 Å². The molecule has 0 heterocycles. The van der Waals surface area contributed by atoms with E-state index in [-0.39, 0.29) is 13.2 Å². The molecule has 3 rings (SSSR count). The first kappa shape index (κ1) is 19.9. The van der Waals surface area contributed by atoms with E-state index in [0.717, 1.165) is 28.0 Å². The van der Waals surface area contributed by atoms with Gasteiger partial charge in [0.15, 0.2) is 0 Å². The Kier molecular flexibility index (Phi) is 6.69. The van der Waals surface area contributed by atoms with Gasteiger partial charge in [0.2, 0.25) is 0 Å². The Labute approximate surface area is 166 Å². The second-order valence-electron chi connectivity index (χ2n) is 6.93. The van der Waals surface area contributed by atoms with Gasteiger partial charge < -0.3 is 19.7 Å². The summed E-state index contributed by atoms with van der Waals surface area (Å²) in [6, 6.07) is 22.2. The highest BCUT2D eigenvalue weighted by Gasteiger charge is 2.07. The summed E-state index contributed by atoms with van der Waals surface area (Å²) < 4.78 is 11.4. The van der Waals surface area contributed by atoms with Crippen molar-refractivity contribution in [1.29, 1.82) is 0 Å². The standard InChI is InChI=1S/C24H26O4/c1-17-4-3-5-19(12-17)15-27-22-8-6-20(7-9-22)24-11-10-23(13-18(24)2)28-16-21(26)14-25/h3-13,21,25-26H,14-16H2,1-2H3. The third-order valence-corrected chi connectivity index (χ3v) is 4.50. The van der Waals surface area contributed by atoms with Gasteiger partial charge >= 0.3 is 0 Å². The molecule has 0 aromatic heterocycles. The van der Waals surface area contributed by atoms with E-state index in [9.17, 15) is 5.11 Å². The molecule has 0 saturated heterocycles. The highest BCUT2D eigenvalue weighted by molar-refractivity contribution is 5.68. The van der Waals surface area contributed by atoms with Gasteiger partial charge in [0.05, 0.1) is 6.61 Å². The molecule has 0 aliphatic heterocycles. The quantitative estimate of drug-likeness (QED) is 0.614. The molecule has 0 fully saturated rings. The fourth-order valence-electron chi connectivity index (χ4n) is 2.99. The maximum atomic E-state index is 9.39. The average Bonchev–Trinajstić information content (AvgIpc) is 2.71. The summed E-state index contributed by atoms with van der Waals surface area (Å²) in [5.74, 6) is 1.51. The van der Waals surface area contributed by atoms with Gasteiger partial charge in [0.1, 0.15) is 30.8 Å². The van der Waals surface area contributed by atoms with Crippen molar-refractivity contribution in [2.45, 2.75) is 26.6 Å². The van der Waals surface area contributed by atoms with Crippen molar-refractivity contribution in [1.82, 2.24) is 0 Å². The molecule has 0 saturated carbocycles. The normalized spacial score (nSPS) is 11.9. The largest absolute Gasteiger partial charge is 0.491 e. The van der Waals surface area contributed by atoms with Crippen molar-refractivity contribution in [3.8, 4) is 22.6 Å². The van der Waals surface area contributed by atoms with E-state index < -0.39 is 6.10 Å². The summed E-state index contributed by atoms with van der Waals surface area (Å²) in [5, 5.41) is 18.2. The summed E-state index contributed by atoms with van der Waals surface area (Å²) in [6.07, 6.45) is -0.868. The Bertz CT molecular complexity index is 903. The minimum absolute atomic E-state index is 0.0717. The van der Waals surface area contributed by atoms with E-state index in [2.05, 4.69) is 25.1 Å². The average molecular weight is 378 g/mol. The molecule has 1 unspecified atom stereocenters. The van der Waals surface area contributed by atoms with Crippen LogP contribution in [0.15, 0.2) is 66.7 Å². The number of ether oxygens (including phenoxy) is 2. The van der Waals surface area contributed by atoms with Gasteiger partial charge in [-0.2, -0.15) is 0 Å². The molecule has 0 amide bonds. The first-order valence-corrected chi connectivity index (χ1v) is 9.36. The van der Waals surface area contributed by atoms with E-state index in [1.165, 1.54) is 5.56 Å². The van der Waals surface area contributed by atoms with Crippen LogP contribution in [0.2, 0.25) is 0 Å². The number of aliphatic hydroxyl groups is 2. The van der Waals surface area contributed by atoms with E-state index in [1.807, 2.05) is 55.5 Å². The summed E-state index contributed by atoms with van der Waals surface area (Å²) >= 11 is 0. The van der Waals surface area contributed by atoms with Crippen LogP contribution in [-0.2, 0) is 6.61 Å². The maximum Gasteiger partial charge on any atom is 0.119 e. The summed E-state index contributed by atoms with van der Waals surface area (Å²) in [7, 11) is 0. The lowest BCUT2D eigenvalue weighted by atomic mass is 10.0. The van der Waals surface area contributed by atoms with E-state index in [4.69, 9.17) is 14.6 Å². The fraction of sp³-hybridized carbons (Fsp3) is 0.250. The van der Waals surface area contributed by atoms with E-state index >= 15 is 0 Å². The minimum Gasteiger partial charge on any atom is -0.491 e. The van der Waals surface area contributed by atoms with Crippen molar-refractivity contribution in [3.63, 3.8) is 0 Å². The predicted octanol–water partition coefficient (Wildman–Crippen LogP) is 4.28. The predicted molar refractivity (Wildman–Crippen MR) is 111 cm³/mol. The second-order valence-corrected chi connectivity index (χ2v) is 6.93. The summed E-state index contributed by atoms with van der Waals surface area (Å²) in [5.41, 5.74) is 5.67. The van der Waals surface area contributed by atoms with Crippen LogP contribution >= 0.6 is 0 Å². The van der Waals surface area contributed by atoms with Gasteiger partial charge in [0.25, 0.3) is 0 Å². The molecule has 28 heavy (non-hydrogen) atoms. The number of aliphatic hydroxyl groups excluding tert-OH is 2. The lowest BCUT2D eigenvalue weighted by molar-refractivity contribution is 0.0536. The lowest BCUT2D eigenvalue weighted by Gasteiger charge is -2.13. The molecule has 4 nitrogen and oxygen atoms in total. The number of aryl methyl sites for hydroxylation is 2. The van der Waals surface area contributed by atoms with Crippen molar-refractivity contribution in [2.24, 2.45) is 0 Å². The van der Waals surface area contributed by atoms with E-state index in [0.29, 0.717) is 12.4 Å². The van der Waals surface area contributed by atoms with Crippen molar-refractivity contribution < 1.29 is 19.7 Å². The van der Waals surface area contributed by atoms with Crippen LogP contribution in [0.4, 0.5) is 0 Å². The molecule has 0 bridgehead atoms. The molecular weight excluding hydrogens is 352 g/mol. The van der Waals surface area contributed by atoms with Crippen LogP contribution in [0.3, 0.4) is 0 Å². The lowest BCUT2D eigenvalue weighted by Crippen LogP contribution is -2.21. The Morgan fingerprint density at radius 1 is 0.857 bits per heavy atom. The van der Waals surface area contributed by atoms with Crippen LogP contribution in [0, 0.1) is 13.8 Å². The third kappa shape index (κ3) is 5.35. The number of rotatable bonds is 8. The Hall–Kier alpha value is -2.82. The van der Waals surface area contributed by atoms with E-state index in [1.54, 1.807) is 0 Å². The Morgan fingerprint density at radius 3 is 2.29 bits per heavy atom. The molecule has 1 atom stereocenters. The fourth-order valence-corrected chi connectivity index (χ4v) is 2.99. The minimum atomic E-state index is -0.868. The molecule has 3 aromatic rings. The third-order valence-electron chi connectivity index (χ3n) is 4.50. The summed E-state index contributed by atoms with van der Waals surface area (Å²) in [4.78, 5) is 0. The number of hydrogen-bond acceptors (Lipinski definition) is 4. The molecule has 2 N–H and O–H groups in total. The number of benzene rings is 3. The summed E-state index contributed by atoms with van der Waals surface area (Å²) in [6.45, 7) is 4.40. The van der Waals surface area contributed by atoms with Gasteiger partial charge in [-0.25, -0.2) is 0 Å². The molecule has 146 valence electrons. The molecule has 0 aliphatic carbocycles. The first-order valence-electron chi connectivity index (χ1n) is 9.36. The maximum absolute atomic E-state index is 9.39. The Morgan fingerprint density at radius 2 is 1.61 bits per heavy atom. The van der Waals surface area contributed by atoms with Gasteiger partial charge in [0, 0.05) is 0 Å². The monoisotopic (exact) mass is 378 g/mol. The molecule has 3 aromatic carbocycles. The van der Waals surface area contributed by atoms with Crippen LogP contribution in [-0.4, -0.2) is 29.5 Å². The zero-order chi connectivity index (χ0) is 19.9. The van der Waals surface area contributed by atoms with Crippen LogP contribution in [0.5, 0.6) is 11.5 Å². The first-order chi connectivity index (χ1) is 13.5. The van der Waals surface area contributed by atoms with Gasteiger partial charge in [-0.3, -0.25) is 0 Å². The highest BCUT2D eigenvalue weighted by atomic mass is 16.5. The second kappa shape index (κ2) is 9.40. The van der Waals surface area contributed by atoms with Gasteiger partial charge in [-0.1, -0.05) is 48.0 Å². The molecule has 0 radical (unpaired) electrons. The van der Waals surface area contributed by atoms with Crippen molar-refractivity contribution in [3.05, 3.63) is 83.4 Å². The van der Waals surface area contributed by atoms with Gasteiger partial charge in [-0.15, -0.1) is 0 Å². The molecular formula is C24H26O4.